The van der Waals surface area contributed by atoms with Crippen molar-refractivity contribution in [3.05, 3.63) is 50.5 Å². The molecule has 1 atom stereocenters. The Morgan fingerprint density at radius 1 is 1.23 bits per heavy atom. The van der Waals surface area contributed by atoms with E-state index in [1.807, 2.05) is 0 Å². The van der Waals surface area contributed by atoms with Crippen molar-refractivity contribution in [1.29, 1.82) is 0 Å². The maximum Gasteiger partial charge on any atom is 0.373 e. The summed E-state index contributed by atoms with van der Waals surface area (Å²) in [5.41, 5.74) is 0.353. The molecule has 1 fully saturated rings. The largest absolute Gasteiger partial charge is 0.493 e. The Kier molecular flexibility index (Phi) is 8.07. The molecule has 0 unspecified atom stereocenters. The van der Waals surface area contributed by atoms with Crippen molar-refractivity contribution < 1.29 is 42.5 Å². The van der Waals surface area contributed by atoms with Crippen LogP contribution >= 0.6 is 27.5 Å². The summed E-state index contributed by atoms with van der Waals surface area (Å²) in [6.07, 6.45) is 0.432. The van der Waals surface area contributed by atoms with Crippen LogP contribution in [-0.2, 0) is 25.6 Å². The predicted molar refractivity (Wildman–Crippen MR) is 125 cm³/mol. The first-order valence-electron chi connectivity index (χ1n) is 9.93. The summed E-state index contributed by atoms with van der Waals surface area (Å²) in [5, 5.41) is 2.56. The minimum absolute atomic E-state index is 0.0369. The summed E-state index contributed by atoms with van der Waals surface area (Å²) >= 11 is 9.78. The molecular weight excluding hydrogens is 552 g/mol. The first-order chi connectivity index (χ1) is 16.6. The molecule has 3 rings (SSSR count). The predicted octanol–water partition coefficient (Wildman–Crippen LogP) is 3.52. The molecule has 0 saturated carbocycles. The lowest BCUT2D eigenvalue weighted by molar-refractivity contribution is -0.148. The van der Waals surface area contributed by atoms with Crippen LogP contribution in [0, 0.1) is 0 Å². The fraction of sp³-hybridized carbons (Fsp3) is 0.273. The first-order valence-corrected chi connectivity index (χ1v) is 11.1. The monoisotopic (exact) mass is 570 g/mol. The molecule has 2 aromatic rings. The number of ether oxygens (including phenoxy) is 4. The summed E-state index contributed by atoms with van der Waals surface area (Å²) in [6.45, 7) is 1.28. The van der Waals surface area contributed by atoms with Gasteiger partial charge in [-0.3, -0.25) is 9.69 Å². The van der Waals surface area contributed by atoms with Gasteiger partial charge in [-0.2, -0.15) is 0 Å². The Bertz CT molecular complexity index is 1220. The molecule has 186 valence electrons. The lowest BCUT2D eigenvalue weighted by Crippen LogP contribution is -2.30. The number of hydrogen-bond donors (Lipinski definition) is 1. The number of nitrogens with one attached hydrogen (secondary N) is 1. The number of benzene rings is 1. The molecule has 3 amide bonds. The summed E-state index contributed by atoms with van der Waals surface area (Å²) in [4.78, 5) is 49.5. The van der Waals surface area contributed by atoms with E-state index in [9.17, 15) is 19.2 Å². The summed E-state index contributed by atoms with van der Waals surface area (Å²) in [7, 11) is 3.81. The van der Waals surface area contributed by atoms with Gasteiger partial charge in [-0.05, 0) is 52.7 Å². The van der Waals surface area contributed by atoms with E-state index in [0.29, 0.717) is 10.0 Å². The standard InChI is InChI=1S/C22H20BrClN2O9/c1-10(20(28)32-3)34-18-15(31-2)8-11(16(23)17(18)24)7-13-19(27)26(22(30)25-13)9-12-5-6-14(35-12)21(29)33-4/h5-8,10H,9H2,1-4H3,(H,25,30)/b13-7-/t10-/m1/s1. The topological polar surface area (TPSA) is 134 Å². The highest BCUT2D eigenvalue weighted by molar-refractivity contribution is 9.10. The molecule has 1 N–H and O–H groups in total. The van der Waals surface area contributed by atoms with Crippen molar-refractivity contribution in [1.82, 2.24) is 10.2 Å². The number of furan rings is 1. The van der Waals surface area contributed by atoms with Gasteiger partial charge in [-0.1, -0.05) is 11.6 Å². The van der Waals surface area contributed by atoms with Gasteiger partial charge in [0.05, 0.1) is 27.9 Å². The minimum atomic E-state index is -0.965. The highest BCUT2D eigenvalue weighted by Gasteiger charge is 2.35. The molecule has 1 aromatic carbocycles. The Balaban J connectivity index is 1.87. The van der Waals surface area contributed by atoms with E-state index in [0.717, 1.165) is 4.90 Å². The van der Waals surface area contributed by atoms with E-state index in [1.54, 1.807) is 0 Å². The van der Waals surface area contributed by atoms with Crippen molar-refractivity contribution in [3.8, 4) is 11.5 Å². The molecule has 0 spiro atoms. The number of nitrogens with zero attached hydrogens (tertiary/aromatic N) is 1. The Hall–Kier alpha value is -3.51. The molecule has 0 aliphatic carbocycles. The second-order valence-corrected chi connectivity index (χ2v) is 8.22. The minimum Gasteiger partial charge on any atom is -0.493 e. The molecule has 1 aliphatic heterocycles. The Morgan fingerprint density at radius 3 is 2.57 bits per heavy atom. The van der Waals surface area contributed by atoms with Crippen LogP contribution in [0.1, 0.15) is 28.8 Å². The highest BCUT2D eigenvalue weighted by Crippen LogP contribution is 2.44. The molecule has 11 nitrogen and oxygen atoms in total. The van der Waals surface area contributed by atoms with Gasteiger partial charge in [0.15, 0.2) is 17.6 Å². The zero-order chi connectivity index (χ0) is 25.9. The van der Waals surface area contributed by atoms with E-state index in [1.165, 1.54) is 52.5 Å². The Labute approximate surface area is 213 Å². The normalized spacial score (nSPS) is 15.1. The lowest BCUT2D eigenvalue weighted by atomic mass is 10.1. The number of methoxy groups -OCH3 is 3. The van der Waals surface area contributed by atoms with E-state index in [4.69, 9.17) is 25.5 Å². The molecular formula is C22H20BrClN2O9. The third-order valence-electron chi connectivity index (χ3n) is 4.83. The summed E-state index contributed by atoms with van der Waals surface area (Å²) < 4.78 is 25.8. The molecule has 2 heterocycles. The van der Waals surface area contributed by atoms with Crippen LogP contribution < -0.4 is 14.8 Å². The van der Waals surface area contributed by atoms with Crippen LogP contribution in [0.2, 0.25) is 5.02 Å². The second kappa shape index (κ2) is 10.8. The Morgan fingerprint density at radius 2 is 1.94 bits per heavy atom. The number of amides is 3. The smallest absolute Gasteiger partial charge is 0.373 e. The number of hydrogen-bond acceptors (Lipinski definition) is 9. The van der Waals surface area contributed by atoms with Gasteiger partial charge in [0, 0.05) is 4.47 Å². The van der Waals surface area contributed by atoms with Crippen LogP contribution in [0.5, 0.6) is 11.5 Å². The van der Waals surface area contributed by atoms with Crippen LogP contribution in [-0.4, -0.2) is 56.2 Å². The van der Waals surface area contributed by atoms with Gasteiger partial charge < -0.3 is 28.7 Å². The van der Waals surface area contributed by atoms with Crippen LogP contribution in [0.15, 0.2) is 32.8 Å². The summed E-state index contributed by atoms with van der Waals surface area (Å²) in [5.74, 6) is -1.50. The fourth-order valence-corrected chi connectivity index (χ4v) is 3.72. The molecule has 1 aromatic heterocycles. The molecule has 1 aliphatic rings. The van der Waals surface area contributed by atoms with Crippen molar-refractivity contribution in [2.24, 2.45) is 0 Å². The first kappa shape index (κ1) is 26.1. The third-order valence-corrected chi connectivity index (χ3v) is 6.27. The number of imide groups is 1. The number of carbonyl (C=O) groups is 4. The quantitative estimate of drug-likeness (QED) is 0.287. The zero-order valence-electron chi connectivity index (χ0n) is 19.0. The molecule has 13 heteroatoms. The van der Waals surface area contributed by atoms with Crippen LogP contribution in [0.25, 0.3) is 6.08 Å². The number of esters is 2. The lowest BCUT2D eigenvalue weighted by Gasteiger charge is -2.18. The fourth-order valence-electron chi connectivity index (χ4n) is 3.06. The average molecular weight is 572 g/mol. The van der Waals surface area contributed by atoms with E-state index in [-0.39, 0.29) is 40.3 Å². The highest BCUT2D eigenvalue weighted by atomic mass is 79.9. The zero-order valence-corrected chi connectivity index (χ0v) is 21.3. The van der Waals surface area contributed by atoms with Gasteiger partial charge in [0.1, 0.15) is 16.5 Å². The van der Waals surface area contributed by atoms with E-state index >= 15 is 0 Å². The number of rotatable bonds is 8. The second-order valence-electron chi connectivity index (χ2n) is 7.05. The number of halogens is 2. The SMILES string of the molecule is COC(=O)c1ccc(CN2C(=O)N/C(=C\c3cc(OC)c(O[C@H](C)C(=O)OC)c(Cl)c3Br)C2=O)o1. The van der Waals surface area contributed by atoms with Gasteiger partial charge in [-0.15, -0.1) is 0 Å². The number of urea groups is 1. The summed E-state index contributed by atoms with van der Waals surface area (Å²) in [6, 6.07) is 3.67. The van der Waals surface area contributed by atoms with Crippen molar-refractivity contribution in [3.63, 3.8) is 0 Å². The van der Waals surface area contributed by atoms with Crippen LogP contribution in [0.4, 0.5) is 4.79 Å². The molecule has 1 saturated heterocycles. The van der Waals surface area contributed by atoms with Crippen molar-refractivity contribution >= 4 is 57.5 Å². The molecule has 0 bridgehead atoms. The third kappa shape index (κ3) is 5.43. The number of carbonyl (C=O) groups excluding carboxylic acids is 4. The van der Waals surface area contributed by atoms with Crippen LogP contribution in [0.3, 0.4) is 0 Å². The molecule has 35 heavy (non-hydrogen) atoms. The maximum absolute atomic E-state index is 12.9. The molecule has 0 radical (unpaired) electrons. The van der Waals surface area contributed by atoms with Gasteiger partial charge >= 0.3 is 18.0 Å². The van der Waals surface area contributed by atoms with E-state index < -0.39 is 30.0 Å². The van der Waals surface area contributed by atoms with Gasteiger partial charge in [0.25, 0.3) is 5.91 Å². The van der Waals surface area contributed by atoms with Crippen molar-refractivity contribution in [2.45, 2.75) is 19.6 Å². The van der Waals surface area contributed by atoms with Gasteiger partial charge in [0.2, 0.25) is 5.76 Å². The maximum atomic E-state index is 12.9. The van der Waals surface area contributed by atoms with Gasteiger partial charge in [-0.25, -0.2) is 14.4 Å². The van der Waals surface area contributed by atoms with Crippen molar-refractivity contribution in [2.75, 3.05) is 21.3 Å². The van der Waals surface area contributed by atoms with E-state index in [2.05, 4.69) is 30.7 Å². The average Bonchev–Trinajstić information content (AvgIpc) is 3.42.